The third-order valence-corrected chi connectivity index (χ3v) is 7.44. The van der Waals surface area contributed by atoms with E-state index in [1.54, 1.807) is 12.1 Å². The topological polar surface area (TPSA) is 60.3 Å². The van der Waals surface area contributed by atoms with Crippen LogP contribution in [0.1, 0.15) is 62.0 Å². The highest BCUT2D eigenvalue weighted by Gasteiger charge is 2.32. The molecule has 3 aromatic carbocycles. The predicted octanol–water partition coefficient (Wildman–Crippen LogP) is 8.07. The van der Waals surface area contributed by atoms with E-state index in [4.69, 9.17) is 4.74 Å². The summed E-state index contributed by atoms with van der Waals surface area (Å²) >= 11 is 0. The van der Waals surface area contributed by atoms with Gasteiger partial charge in [-0.3, -0.25) is 9.59 Å². The van der Waals surface area contributed by atoms with Gasteiger partial charge in [0.25, 0.3) is 5.91 Å². The van der Waals surface area contributed by atoms with Gasteiger partial charge in [0.05, 0.1) is 11.3 Å². The first kappa shape index (κ1) is 27.4. The molecule has 5 nitrogen and oxygen atoms in total. The summed E-state index contributed by atoms with van der Waals surface area (Å²) in [5.74, 6) is -0.414. The zero-order valence-electron chi connectivity index (χ0n) is 23.2. The second-order valence-electron chi connectivity index (χ2n) is 10.9. The lowest BCUT2D eigenvalue weighted by atomic mass is 9.94. The maximum atomic E-state index is 14.1. The molecule has 40 heavy (non-hydrogen) atoms. The number of carbonyl (C=O) groups is 2. The number of cyclic esters (lactones) is 1. The molecule has 1 aliphatic heterocycles. The van der Waals surface area contributed by atoms with Crippen LogP contribution in [0.2, 0.25) is 0 Å². The average Bonchev–Trinajstić information content (AvgIpc) is 3.28. The van der Waals surface area contributed by atoms with Crippen molar-refractivity contribution in [2.75, 3.05) is 5.32 Å². The van der Waals surface area contributed by atoms with E-state index >= 15 is 0 Å². The smallest absolute Gasteiger partial charge is 0.306 e. The Morgan fingerprint density at radius 1 is 0.975 bits per heavy atom. The van der Waals surface area contributed by atoms with Gasteiger partial charge in [-0.1, -0.05) is 69.3 Å². The Morgan fingerprint density at radius 3 is 2.25 bits per heavy atom. The fraction of sp³-hybridized carbons (Fsp3) is 0.294. The van der Waals surface area contributed by atoms with Crippen LogP contribution in [0.5, 0.6) is 0 Å². The van der Waals surface area contributed by atoms with Gasteiger partial charge in [0.2, 0.25) is 0 Å². The van der Waals surface area contributed by atoms with Crippen LogP contribution in [0.4, 0.5) is 10.1 Å². The molecule has 0 saturated carbocycles. The highest BCUT2D eigenvalue weighted by molar-refractivity contribution is 6.12. The number of nitrogens with one attached hydrogen (secondary N) is 1. The fourth-order valence-corrected chi connectivity index (χ4v) is 5.76. The van der Waals surface area contributed by atoms with Gasteiger partial charge in [0, 0.05) is 36.3 Å². The Bertz CT molecular complexity index is 1480. The maximum absolute atomic E-state index is 14.1. The molecule has 1 saturated heterocycles. The van der Waals surface area contributed by atoms with Crippen LogP contribution in [0.15, 0.2) is 84.9 Å². The molecule has 206 valence electrons. The minimum atomic E-state index is -0.322. The lowest BCUT2D eigenvalue weighted by molar-refractivity contribution is -0.156. The number of esters is 1. The van der Waals surface area contributed by atoms with Gasteiger partial charge < -0.3 is 14.6 Å². The first-order chi connectivity index (χ1) is 19.3. The van der Waals surface area contributed by atoms with E-state index in [1.807, 2.05) is 60.7 Å². The van der Waals surface area contributed by atoms with E-state index in [2.05, 4.69) is 30.7 Å². The van der Waals surface area contributed by atoms with Crippen LogP contribution in [-0.4, -0.2) is 22.5 Å². The molecule has 0 bridgehead atoms. The molecular formula is C34H35FN2O3. The van der Waals surface area contributed by atoms with Crippen molar-refractivity contribution in [3.8, 4) is 22.4 Å². The summed E-state index contributed by atoms with van der Waals surface area (Å²) in [4.78, 5) is 26.3. The molecule has 1 unspecified atom stereocenters. The molecule has 0 radical (unpaired) electrons. The number of amides is 1. The summed E-state index contributed by atoms with van der Waals surface area (Å²) in [5.41, 5.74) is 5.57. The van der Waals surface area contributed by atoms with Crippen LogP contribution in [0, 0.1) is 11.7 Å². The minimum absolute atomic E-state index is 0.000939. The van der Waals surface area contributed by atoms with Crippen LogP contribution in [-0.2, 0) is 16.1 Å². The molecule has 0 spiro atoms. The molecule has 1 aliphatic rings. The summed E-state index contributed by atoms with van der Waals surface area (Å²) in [5, 5.41) is 3.10. The molecule has 0 aliphatic carbocycles. The minimum Gasteiger partial charge on any atom is -0.462 e. The number of nitrogens with zero attached hydrogens (tertiary/aromatic N) is 1. The number of aromatic nitrogens is 1. The van der Waals surface area contributed by atoms with Crippen LogP contribution in [0.25, 0.3) is 22.4 Å². The Hall–Kier alpha value is -4.19. The lowest BCUT2D eigenvalue weighted by Crippen LogP contribution is -2.29. The highest BCUT2D eigenvalue weighted by Crippen LogP contribution is 2.43. The van der Waals surface area contributed by atoms with Crippen LogP contribution in [0.3, 0.4) is 0 Å². The normalized spacial score (nSPS) is 17.1. The van der Waals surface area contributed by atoms with E-state index in [0.717, 1.165) is 34.5 Å². The fourth-order valence-electron chi connectivity index (χ4n) is 5.76. The van der Waals surface area contributed by atoms with Crippen molar-refractivity contribution in [1.29, 1.82) is 0 Å². The van der Waals surface area contributed by atoms with Gasteiger partial charge in [0.15, 0.2) is 0 Å². The molecule has 2 heterocycles. The van der Waals surface area contributed by atoms with Crippen molar-refractivity contribution >= 4 is 17.6 Å². The zero-order chi connectivity index (χ0) is 28.2. The SMILES string of the molecule is CC(C)c1c(C(=O)Nc2ccccc2)c(-c2ccccc2)c(-c2ccc(F)cc2)n1CCC1C[C@@H](C)CC(=O)O1. The number of rotatable bonds is 8. The number of ether oxygens (including phenoxy) is 1. The summed E-state index contributed by atoms with van der Waals surface area (Å²) < 4.78 is 21.9. The van der Waals surface area contributed by atoms with Crippen molar-refractivity contribution in [2.24, 2.45) is 5.92 Å². The molecule has 1 fully saturated rings. The molecule has 6 heteroatoms. The predicted molar refractivity (Wildman–Crippen MR) is 157 cm³/mol. The van der Waals surface area contributed by atoms with E-state index in [0.29, 0.717) is 30.6 Å². The monoisotopic (exact) mass is 538 g/mol. The Balaban J connectivity index is 1.71. The molecule has 1 aromatic heterocycles. The number of hydrogen-bond acceptors (Lipinski definition) is 3. The van der Waals surface area contributed by atoms with E-state index in [9.17, 15) is 14.0 Å². The Morgan fingerprint density at radius 2 is 1.62 bits per heavy atom. The van der Waals surface area contributed by atoms with E-state index in [-0.39, 0.29) is 35.6 Å². The Kier molecular flexibility index (Phi) is 8.15. The number of halogens is 1. The Labute approximate surface area is 235 Å². The van der Waals surface area contributed by atoms with Crippen LogP contribution >= 0.6 is 0 Å². The van der Waals surface area contributed by atoms with Gasteiger partial charge in [0.1, 0.15) is 11.9 Å². The van der Waals surface area contributed by atoms with E-state index < -0.39 is 0 Å². The molecule has 1 amide bonds. The van der Waals surface area contributed by atoms with Gasteiger partial charge >= 0.3 is 5.97 Å². The third-order valence-electron chi connectivity index (χ3n) is 7.44. The van der Waals surface area contributed by atoms with Crippen molar-refractivity contribution < 1.29 is 18.7 Å². The second kappa shape index (κ2) is 11.9. The molecule has 1 N–H and O–H groups in total. The second-order valence-corrected chi connectivity index (χ2v) is 10.9. The van der Waals surface area contributed by atoms with Crippen molar-refractivity contribution in [2.45, 2.75) is 58.6 Å². The summed E-state index contributed by atoms with van der Waals surface area (Å²) in [6.07, 6.45) is 1.68. The molecule has 2 atom stereocenters. The van der Waals surface area contributed by atoms with Gasteiger partial charge in [-0.25, -0.2) is 4.39 Å². The molecule has 4 aromatic rings. The third kappa shape index (κ3) is 5.86. The standard InChI is InChI=1S/C34H35FN2O3/c1-22(2)32-31(34(39)36-27-12-8-5-9-13-27)30(24-10-6-4-7-11-24)33(25-14-16-26(35)17-15-25)37(32)19-18-28-20-23(3)21-29(38)40-28/h4-17,22-23,28H,18-21H2,1-3H3,(H,36,39)/t23-,28?/m1/s1. The van der Waals surface area contributed by atoms with Crippen molar-refractivity contribution in [1.82, 2.24) is 4.57 Å². The highest BCUT2D eigenvalue weighted by atomic mass is 19.1. The number of para-hydroxylation sites is 1. The first-order valence-electron chi connectivity index (χ1n) is 14.0. The average molecular weight is 539 g/mol. The number of anilines is 1. The van der Waals surface area contributed by atoms with E-state index in [1.165, 1.54) is 12.1 Å². The summed E-state index contributed by atoms with van der Waals surface area (Å²) in [6, 6.07) is 25.7. The molecule has 5 rings (SSSR count). The summed E-state index contributed by atoms with van der Waals surface area (Å²) in [7, 11) is 0. The largest absolute Gasteiger partial charge is 0.462 e. The van der Waals surface area contributed by atoms with Crippen molar-refractivity contribution in [3.05, 3.63) is 102 Å². The maximum Gasteiger partial charge on any atom is 0.306 e. The molecular weight excluding hydrogens is 503 g/mol. The summed E-state index contributed by atoms with van der Waals surface area (Å²) in [6.45, 7) is 6.78. The van der Waals surface area contributed by atoms with Gasteiger partial charge in [-0.15, -0.1) is 0 Å². The quantitative estimate of drug-likeness (QED) is 0.231. The number of benzene rings is 3. The van der Waals surface area contributed by atoms with Crippen molar-refractivity contribution in [3.63, 3.8) is 0 Å². The first-order valence-corrected chi connectivity index (χ1v) is 14.0. The number of hydrogen-bond donors (Lipinski definition) is 1. The van der Waals surface area contributed by atoms with Gasteiger partial charge in [-0.2, -0.15) is 0 Å². The van der Waals surface area contributed by atoms with Crippen LogP contribution < -0.4 is 5.32 Å². The van der Waals surface area contributed by atoms with Gasteiger partial charge in [-0.05, 0) is 65.8 Å². The zero-order valence-corrected chi connectivity index (χ0v) is 23.2. The lowest BCUT2D eigenvalue weighted by Gasteiger charge is -2.27. The number of carbonyl (C=O) groups excluding carboxylic acids is 2.